The maximum Gasteiger partial charge on any atom is 0.246 e. The molecule has 0 bridgehead atoms. The highest BCUT2D eigenvalue weighted by atomic mass is 16.5. The molecular formula is C15H23N3O2. The van der Waals surface area contributed by atoms with Crippen molar-refractivity contribution >= 4 is 17.3 Å². The van der Waals surface area contributed by atoms with Crippen molar-refractivity contribution in [3.8, 4) is 0 Å². The van der Waals surface area contributed by atoms with Crippen molar-refractivity contribution in [2.75, 3.05) is 36.5 Å². The van der Waals surface area contributed by atoms with Gasteiger partial charge in [0, 0.05) is 31.1 Å². The largest absolute Gasteiger partial charge is 0.379 e. The summed E-state index contributed by atoms with van der Waals surface area (Å²) in [5, 5.41) is 2.86. The Bertz CT molecular complexity index is 449. The topological polar surface area (TPSA) is 67.6 Å². The zero-order valence-electron chi connectivity index (χ0n) is 12.2. The van der Waals surface area contributed by atoms with Crippen LogP contribution in [0.25, 0.3) is 0 Å². The molecule has 20 heavy (non-hydrogen) atoms. The lowest BCUT2D eigenvalue weighted by Gasteiger charge is -2.22. The summed E-state index contributed by atoms with van der Waals surface area (Å²) >= 11 is 0. The standard InChI is InChI=1S/C15H23N3O2/c1-3-18(4-2)13-7-5-12(6-8-13)17-14(19)15(16)9-10-20-11-15/h5-8H,3-4,9-11,16H2,1-2H3,(H,17,19). The summed E-state index contributed by atoms with van der Waals surface area (Å²) < 4.78 is 5.21. The van der Waals surface area contributed by atoms with Crippen LogP contribution in [0.3, 0.4) is 0 Å². The van der Waals surface area contributed by atoms with E-state index in [0.717, 1.165) is 24.5 Å². The van der Waals surface area contributed by atoms with Crippen LogP contribution in [0.1, 0.15) is 20.3 Å². The smallest absolute Gasteiger partial charge is 0.246 e. The van der Waals surface area contributed by atoms with E-state index >= 15 is 0 Å². The number of nitrogens with zero attached hydrogens (tertiary/aromatic N) is 1. The van der Waals surface area contributed by atoms with E-state index in [0.29, 0.717) is 13.0 Å². The SMILES string of the molecule is CCN(CC)c1ccc(NC(=O)C2(N)CCOC2)cc1. The average Bonchev–Trinajstić information content (AvgIpc) is 2.90. The van der Waals surface area contributed by atoms with Gasteiger partial charge in [-0.1, -0.05) is 0 Å². The molecule has 5 nitrogen and oxygen atoms in total. The fourth-order valence-electron chi connectivity index (χ4n) is 2.36. The van der Waals surface area contributed by atoms with Crippen molar-refractivity contribution in [2.45, 2.75) is 25.8 Å². The van der Waals surface area contributed by atoms with E-state index < -0.39 is 5.54 Å². The lowest BCUT2D eigenvalue weighted by atomic mass is 9.99. The van der Waals surface area contributed by atoms with Gasteiger partial charge in [0.15, 0.2) is 0 Å². The van der Waals surface area contributed by atoms with Gasteiger partial charge in [0.1, 0.15) is 5.54 Å². The Morgan fingerprint density at radius 1 is 1.35 bits per heavy atom. The molecule has 1 fully saturated rings. The number of ether oxygens (including phenoxy) is 1. The summed E-state index contributed by atoms with van der Waals surface area (Å²) in [5.74, 6) is -0.175. The molecule has 1 aliphatic heterocycles. The monoisotopic (exact) mass is 277 g/mol. The molecule has 0 saturated carbocycles. The minimum Gasteiger partial charge on any atom is -0.379 e. The van der Waals surface area contributed by atoms with Crippen molar-refractivity contribution in [1.29, 1.82) is 0 Å². The summed E-state index contributed by atoms with van der Waals surface area (Å²) in [6.07, 6.45) is 0.566. The highest BCUT2D eigenvalue weighted by Crippen LogP contribution is 2.21. The molecule has 1 aromatic carbocycles. The van der Waals surface area contributed by atoms with Gasteiger partial charge in [0.25, 0.3) is 0 Å². The summed E-state index contributed by atoms with van der Waals surface area (Å²) in [7, 11) is 0. The fraction of sp³-hybridized carbons (Fsp3) is 0.533. The quantitative estimate of drug-likeness (QED) is 0.857. The predicted octanol–water partition coefficient (Wildman–Crippen LogP) is 1.59. The van der Waals surface area contributed by atoms with Gasteiger partial charge >= 0.3 is 0 Å². The molecule has 1 heterocycles. The Labute approximate surface area is 120 Å². The van der Waals surface area contributed by atoms with Crippen LogP contribution in [-0.4, -0.2) is 37.7 Å². The van der Waals surface area contributed by atoms with Gasteiger partial charge in [-0.3, -0.25) is 4.79 Å². The molecule has 110 valence electrons. The Kier molecular flexibility index (Phi) is 4.62. The first-order valence-electron chi connectivity index (χ1n) is 7.12. The van der Waals surface area contributed by atoms with E-state index in [-0.39, 0.29) is 12.5 Å². The van der Waals surface area contributed by atoms with Crippen molar-refractivity contribution in [1.82, 2.24) is 0 Å². The number of hydrogen-bond acceptors (Lipinski definition) is 4. The molecule has 1 aromatic rings. The Morgan fingerprint density at radius 2 is 2.00 bits per heavy atom. The van der Waals surface area contributed by atoms with E-state index in [1.165, 1.54) is 0 Å². The molecule has 0 radical (unpaired) electrons. The number of amides is 1. The first kappa shape index (κ1) is 14.8. The van der Waals surface area contributed by atoms with Gasteiger partial charge < -0.3 is 20.7 Å². The number of carbonyl (C=O) groups excluding carboxylic acids is 1. The second-order valence-corrected chi connectivity index (χ2v) is 5.13. The Hall–Kier alpha value is -1.59. The van der Waals surface area contributed by atoms with E-state index in [9.17, 15) is 4.79 Å². The normalized spacial score (nSPS) is 21.8. The van der Waals surface area contributed by atoms with Crippen molar-refractivity contribution < 1.29 is 9.53 Å². The first-order chi connectivity index (χ1) is 9.59. The highest BCUT2D eigenvalue weighted by Gasteiger charge is 2.38. The molecule has 2 rings (SSSR count). The van der Waals surface area contributed by atoms with Crippen LogP contribution in [0.5, 0.6) is 0 Å². The zero-order chi connectivity index (χ0) is 14.6. The minimum atomic E-state index is -0.891. The van der Waals surface area contributed by atoms with Gasteiger partial charge in [-0.15, -0.1) is 0 Å². The molecular weight excluding hydrogens is 254 g/mol. The molecule has 1 aliphatic rings. The third-order valence-corrected chi connectivity index (χ3v) is 3.76. The van der Waals surface area contributed by atoms with Crippen LogP contribution in [0.2, 0.25) is 0 Å². The van der Waals surface area contributed by atoms with E-state index in [1.807, 2.05) is 24.3 Å². The summed E-state index contributed by atoms with van der Waals surface area (Å²) in [5.41, 5.74) is 7.05. The molecule has 1 amide bonds. The molecule has 0 aromatic heterocycles. The predicted molar refractivity (Wildman–Crippen MR) is 81.0 cm³/mol. The number of benzene rings is 1. The van der Waals surface area contributed by atoms with E-state index in [2.05, 4.69) is 24.1 Å². The third kappa shape index (κ3) is 3.11. The lowest BCUT2D eigenvalue weighted by Crippen LogP contribution is -2.51. The number of hydrogen-bond donors (Lipinski definition) is 2. The van der Waals surface area contributed by atoms with Gasteiger partial charge in [0.2, 0.25) is 5.91 Å². The van der Waals surface area contributed by atoms with Gasteiger partial charge in [-0.25, -0.2) is 0 Å². The van der Waals surface area contributed by atoms with Crippen LogP contribution in [0.4, 0.5) is 11.4 Å². The van der Waals surface area contributed by atoms with Crippen molar-refractivity contribution in [3.63, 3.8) is 0 Å². The minimum absolute atomic E-state index is 0.175. The fourth-order valence-corrected chi connectivity index (χ4v) is 2.36. The summed E-state index contributed by atoms with van der Waals surface area (Å²) in [6.45, 7) is 7.01. The molecule has 3 N–H and O–H groups in total. The van der Waals surface area contributed by atoms with Gasteiger partial charge in [-0.05, 0) is 44.5 Å². The maximum atomic E-state index is 12.1. The molecule has 1 unspecified atom stereocenters. The number of nitrogens with two attached hydrogens (primary N) is 1. The molecule has 0 aliphatic carbocycles. The highest BCUT2D eigenvalue weighted by molar-refractivity contribution is 5.98. The third-order valence-electron chi connectivity index (χ3n) is 3.76. The van der Waals surface area contributed by atoms with Crippen LogP contribution < -0.4 is 16.0 Å². The van der Waals surface area contributed by atoms with Crippen molar-refractivity contribution in [2.24, 2.45) is 5.73 Å². The van der Waals surface area contributed by atoms with Gasteiger partial charge in [0.05, 0.1) is 6.61 Å². The molecule has 1 saturated heterocycles. The number of nitrogens with one attached hydrogen (secondary N) is 1. The molecule has 5 heteroatoms. The number of rotatable bonds is 5. The Balaban J connectivity index is 2.02. The van der Waals surface area contributed by atoms with Crippen LogP contribution >= 0.6 is 0 Å². The number of anilines is 2. The second-order valence-electron chi connectivity index (χ2n) is 5.13. The van der Waals surface area contributed by atoms with Crippen LogP contribution in [-0.2, 0) is 9.53 Å². The van der Waals surface area contributed by atoms with Gasteiger partial charge in [-0.2, -0.15) is 0 Å². The molecule has 0 spiro atoms. The Morgan fingerprint density at radius 3 is 2.50 bits per heavy atom. The average molecular weight is 277 g/mol. The second kappa shape index (κ2) is 6.24. The number of carbonyl (C=O) groups is 1. The zero-order valence-corrected chi connectivity index (χ0v) is 12.2. The van der Waals surface area contributed by atoms with E-state index in [4.69, 9.17) is 10.5 Å². The van der Waals surface area contributed by atoms with Crippen molar-refractivity contribution in [3.05, 3.63) is 24.3 Å². The van der Waals surface area contributed by atoms with Crippen LogP contribution in [0.15, 0.2) is 24.3 Å². The first-order valence-corrected chi connectivity index (χ1v) is 7.12. The van der Waals surface area contributed by atoms with E-state index in [1.54, 1.807) is 0 Å². The molecule has 1 atom stereocenters. The summed E-state index contributed by atoms with van der Waals surface area (Å²) in [4.78, 5) is 14.4. The lowest BCUT2D eigenvalue weighted by molar-refractivity contribution is -0.121. The van der Waals surface area contributed by atoms with Crippen LogP contribution in [0, 0.1) is 0 Å². The maximum absolute atomic E-state index is 12.1. The summed E-state index contributed by atoms with van der Waals surface area (Å²) in [6, 6.07) is 7.84.